The molecule has 2 rings (SSSR count). The van der Waals surface area contributed by atoms with E-state index in [1.165, 1.54) is 6.07 Å². The zero-order chi connectivity index (χ0) is 18.6. The molecule has 1 atom stereocenters. The number of hydrogen-bond acceptors (Lipinski definition) is 5. The second-order valence-electron chi connectivity index (χ2n) is 6.53. The number of carbonyl (C=O) groups is 1. The molecule has 8 heteroatoms. The molecule has 1 aromatic carbocycles. The van der Waals surface area contributed by atoms with Gasteiger partial charge >= 0.3 is 6.09 Å². The highest BCUT2D eigenvalue weighted by Gasteiger charge is 2.25. The van der Waals surface area contributed by atoms with Crippen molar-refractivity contribution in [1.82, 2.24) is 15.5 Å². The molecule has 6 nitrogen and oxygen atoms in total. The van der Waals surface area contributed by atoms with Crippen LogP contribution in [0.3, 0.4) is 0 Å². The lowest BCUT2D eigenvalue weighted by molar-refractivity contribution is 0.0494. The molecule has 2 aromatic rings. The predicted octanol–water partition coefficient (Wildman–Crippen LogP) is 3.72. The Morgan fingerprint density at radius 1 is 1.32 bits per heavy atom. The fraction of sp³-hybridized carbons (Fsp3) is 0.471. The smallest absolute Gasteiger partial charge is 0.408 e. The normalized spacial score (nSPS) is 12.7. The van der Waals surface area contributed by atoms with Crippen LogP contribution in [0.15, 0.2) is 22.6 Å². The minimum atomic E-state index is -0.803. The van der Waals surface area contributed by atoms with Crippen LogP contribution in [0.4, 0.5) is 13.6 Å². The summed E-state index contributed by atoms with van der Waals surface area (Å²) in [5.74, 6) is -0.868. The van der Waals surface area contributed by atoms with Gasteiger partial charge in [0, 0.05) is 18.9 Å². The summed E-state index contributed by atoms with van der Waals surface area (Å²) < 4.78 is 37.7. The molecule has 0 spiro atoms. The Labute approximate surface area is 144 Å². The molecule has 0 unspecified atom stereocenters. The van der Waals surface area contributed by atoms with Gasteiger partial charge in [0.25, 0.3) is 0 Å². The number of hydrogen-bond donors (Lipinski definition) is 1. The lowest BCUT2D eigenvalue weighted by Gasteiger charge is -2.22. The summed E-state index contributed by atoms with van der Waals surface area (Å²) in [6.45, 7) is 7.02. The maximum atomic E-state index is 14.0. The highest BCUT2D eigenvalue weighted by Crippen LogP contribution is 2.21. The Morgan fingerprint density at radius 2 is 2.04 bits per heavy atom. The van der Waals surface area contributed by atoms with E-state index in [9.17, 15) is 13.6 Å². The molecular formula is C17H21F2N3O3. The van der Waals surface area contributed by atoms with E-state index in [0.717, 1.165) is 12.1 Å². The van der Waals surface area contributed by atoms with Crippen LogP contribution in [0, 0.1) is 11.6 Å². The first-order chi connectivity index (χ1) is 11.7. The minimum absolute atomic E-state index is 0.0106. The maximum Gasteiger partial charge on any atom is 0.408 e. The number of halogens is 2. The summed E-state index contributed by atoms with van der Waals surface area (Å²) in [7, 11) is 0. The Morgan fingerprint density at radius 3 is 2.60 bits per heavy atom. The van der Waals surface area contributed by atoms with Crippen LogP contribution in [0.1, 0.15) is 51.1 Å². The first kappa shape index (κ1) is 18.8. The van der Waals surface area contributed by atoms with Gasteiger partial charge in [-0.15, -0.1) is 10.2 Å². The number of rotatable bonds is 5. The third-order valence-corrected chi connectivity index (χ3v) is 3.21. The fourth-order valence-electron chi connectivity index (χ4n) is 2.11. The number of alkyl carbamates (subject to hydrolysis) is 1. The Bertz CT molecular complexity index is 741. The van der Waals surface area contributed by atoms with Gasteiger partial charge in [-0.2, -0.15) is 0 Å². The molecule has 0 radical (unpaired) electrons. The Balaban J connectivity index is 2.23. The molecule has 0 aliphatic rings. The number of nitrogens with one attached hydrogen (secondary N) is 1. The number of benzene rings is 1. The average Bonchev–Trinajstić information content (AvgIpc) is 2.96. The van der Waals surface area contributed by atoms with Gasteiger partial charge in [0.05, 0.1) is 0 Å². The van der Waals surface area contributed by atoms with E-state index < -0.39 is 29.4 Å². The lowest BCUT2D eigenvalue weighted by Crippen LogP contribution is -2.36. The van der Waals surface area contributed by atoms with Crippen molar-refractivity contribution in [1.29, 1.82) is 0 Å². The first-order valence-corrected chi connectivity index (χ1v) is 7.93. The fourth-order valence-corrected chi connectivity index (χ4v) is 2.11. The van der Waals surface area contributed by atoms with Crippen LogP contribution in [0.25, 0.3) is 0 Å². The van der Waals surface area contributed by atoms with Crippen LogP contribution in [-0.4, -0.2) is 21.9 Å². The van der Waals surface area contributed by atoms with Gasteiger partial charge in [-0.25, -0.2) is 13.6 Å². The van der Waals surface area contributed by atoms with Gasteiger partial charge < -0.3 is 14.5 Å². The van der Waals surface area contributed by atoms with Crippen molar-refractivity contribution in [2.75, 3.05) is 0 Å². The zero-order valence-electron chi connectivity index (χ0n) is 14.6. The van der Waals surface area contributed by atoms with Crippen molar-refractivity contribution >= 4 is 6.09 Å². The van der Waals surface area contributed by atoms with Crippen molar-refractivity contribution in [3.8, 4) is 0 Å². The van der Waals surface area contributed by atoms with Crippen LogP contribution in [0.2, 0.25) is 0 Å². The summed E-state index contributed by atoms with van der Waals surface area (Å²) in [6, 6.07) is 2.44. The third kappa shape index (κ3) is 5.51. The molecule has 1 aromatic heterocycles. The van der Waals surface area contributed by atoms with E-state index in [0.29, 0.717) is 12.3 Å². The highest BCUT2D eigenvalue weighted by molar-refractivity contribution is 5.68. The molecular weight excluding hydrogens is 332 g/mol. The van der Waals surface area contributed by atoms with E-state index in [1.807, 2.05) is 6.92 Å². The first-order valence-electron chi connectivity index (χ1n) is 7.93. The molecule has 1 N–H and O–H groups in total. The van der Waals surface area contributed by atoms with Gasteiger partial charge in [0.2, 0.25) is 11.8 Å². The molecule has 136 valence electrons. The quantitative estimate of drug-likeness (QED) is 0.886. The second-order valence-corrected chi connectivity index (χ2v) is 6.53. The summed E-state index contributed by atoms with van der Waals surface area (Å²) >= 11 is 0. The predicted molar refractivity (Wildman–Crippen MR) is 85.8 cm³/mol. The largest absolute Gasteiger partial charge is 0.444 e. The summed E-state index contributed by atoms with van der Waals surface area (Å²) in [4.78, 5) is 12.1. The number of nitrogens with zero attached hydrogens (tertiary/aromatic N) is 2. The molecule has 0 aliphatic carbocycles. The summed E-state index contributed by atoms with van der Waals surface area (Å²) in [5.41, 5.74) is -0.488. The number of amides is 1. The van der Waals surface area contributed by atoms with Crippen molar-refractivity contribution in [3.63, 3.8) is 0 Å². The monoisotopic (exact) mass is 353 g/mol. The average molecular weight is 353 g/mol. The molecule has 0 aliphatic heterocycles. The molecule has 0 bridgehead atoms. The second kappa shape index (κ2) is 7.58. The van der Waals surface area contributed by atoms with Gasteiger partial charge in [-0.05, 0) is 32.4 Å². The summed E-state index contributed by atoms with van der Waals surface area (Å²) in [6.07, 6.45) is -0.162. The maximum absolute atomic E-state index is 14.0. The number of carbonyl (C=O) groups excluding carboxylic acids is 1. The molecule has 1 heterocycles. The lowest BCUT2D eigenvalue weighted by atomic mass is 10.1. The Hall–Kier alpha value is -2.51. The topological polar surface area (TPSA) is 77.2 Å². The number of aromatic nitrogens is 2. The number of ether oxygens (including phenoxy) is 1. The van der Waals surface area contributed by atoms with Crippen LogP contribution < -0.4 is 5.32 Å². The van der Waals surface area contributed by atoms with Gasteiger partial charge in [-0.3, -0.25) is 0 Å². The molecule has 0 fully saturated rings. The van der Waals surface area contributed by atoms with Crippen molar-refractivity contribution in [2.24, 2.45) is 0 Å². The van der Waals surface area contributed by atoms with Gasteiger partial charge in [0.1, 0.15) is 23.3 Å². The molecule has 0 saturated carbocycles. The molecule has 25 heavy (non-hydrogen) atoms. The highest BCUT2D eigenvalue weighted by atomic mass is 19.1. The van der Waals surface area contributed by atoms with Crippen LogP contribution >= 0.6 is 0 Å². The van der Waals surface area contributed by atoms with E-state index in [4.69, 9.17) is 9.15 Å². The van der Waals surface area contributed by atoms with Crippen molar-refractivity contribution in [3.05, 3.63) is 47.2 Å². The van der Waals surface area contributed by atoms with E-state index in [1.54, 1.807) is 20.8 Å². The van der Waals surface area contributed by atoms with E-state index >= 15 is 0 Å². The van der Waals surface area contributed by atoms with Gasteiger partial charge in [0.15, 0.2) is 0 Å². The minimum Gasteiger partial charge on any atom is -0.444 e. The van der Waals surface area contributed by atoms with E-state index in [2.05, 4.69) is 15.5 Å². The molecule has 1 amide bonds. The third-order valence-electron chi connectivity index (χ3n) is 3.21. The van der Waals surface area contributed by atoms with Crippen LogP contribution in [0.5, 0.6) is 0 Å². The molecule has 0 saturated heterocycles. The van der Waals surface area contributed by atoms with Crippen molar-refractivity contribution < 1.29 is 22.7 Å². The van der Waals surface area contributed by atoms with Crippen molar-refractivity contribution in [2.45, 2.75) is 52.2 Å². The standard InChI is InChI=1S/C17H21F2N3O3/c1-5-14-21-22-15(24-14)13(20-16(23)25-17(2,3)4)8-10-6-7-11(18)9-12(10)19/h6-7,9,13H,5,8H2,1-4H3,(H,20,23)/t13-/m0/s1. The SMILES string of the molecule is CCc1nnc([C@H](Cc2ccc(F)cc2F)NC(=O)OC(C)(C)C)o1. The number of aryl methyl sites for hydroxylation is 1. The van der Waals surface area contributed by atoms with E-state index in [-0.39, 0.29) is 17.9 Å². The zero-order valence-corrected chi connectivity index (χ0v) is 14.6. The van der Waals surface area contributed by atoms with Gasteiger partial charge in [-0.1, -0.05) is 13.0 Å². The Kier molecular flexibility index (Phi) is 5.71. The summed E-state index contributed by atoms with van der Waals surface area (Å²) in [5, 5.41) is 10.3. The van der Waals surface area contributed by atoms with Crippen LogP contribution in [-0.2, 0) is 17.6 Å².